The Kier molecular flexibility index (Phi) is 4.15. The summed E-state index contributed by atoms with van der Waals surface area (Å²) in [5, 5.41) is 5.76. The zero-order valence-corrected chi connectivity index (χ0v) is 14.1. The average Bonchev–Trinajstić information content (AvgIpc) is 3.03. The van der Waals surface area contributed by atoms with Crippen molar-refractivity contribution in [3.63, 3.8) is 0 Å². The summed E-state index contributed by atoms with van der Waals surface area (Å²) in [5.74, 6) is 1.08. The standard InChI is InChI=1S/C16H18BrNOS/c1-10-4-6-20-16(10)11(2)18-9-13-8-14(17)7-12-3-5-19-15(12)13/h4,6-8,11,18H,3,5,9H2,1-2H3. The molecule has 0 amide bonds. The summed E-state index contributed by atoms with van der Waals surface area (Å²) in [4.78, 5) is 1.41. The van der Waals surface area contributed by atoms with E-state index in [2.05, 4.69) is 58.7 Å². The molecule has 2 heterocycles. The normalized spacial score (nSPS) is 14.9. The number of hydrogen-bond acceptors (Lipinski definition) is 3. The van der Waals surface area contributed by atoms with Crippen molar-refractivity contribution >= 4 is 27.3 Å². The van der Waals surface area contributed by atoms with E-state index in [1.807, 2.05) is 11.3 Å². The monoisotopic (exact) mass is 351 g/mol. The van der Waals surface area contributed by atoms with Crippen LogP contribution < -0.4 is 10.1 Å². The highest BCUT2D eigenvalue weighted by atomic mass is 79.9. The molecule has 0 bridgehead atoms. The van der Waals surface area contributed by atoms with Crippen LogP contribution in [-0.2, 0) is 13.0 Å². The van der Waals surface area contributed by atoms with Gasteiger partial charge in [0.15, 0.2) is 0 Å². The molecule has 1 aliphatic heterocycles. The molecular formula is C16H18BrNOS. The Morgan fingerprint density at radius 2 is 2.30 bits per heavy atom. The van der Waals surface area contributed by atoms with Gasteiger partial charge in [-0.1, -0.05) is 15.9 Å². The number of ether oxygens (including phenoxy) is 1. The highest BCUT2D eigenvalue weighted by molar-refractivity contribution is 9.10. The molecule has 1 unspecified atom stereocenters. The molecule has 2 aromatic rings. The molecule has 1 aromatic carbocycles. The van der Waals surface area contributed by atoms with Gasteiger partial charge in [0.05, 0.1) is 6.61 Å². The first-order valence-electron chi connectivity index (χ1n) is 6.86. The maximum atomic E-state index is 5.77. The van der Waals surface area contributed by atoms with E-state index in [1.165, 1.54) is 21.6 Å². The predicted molar refractivity (Wildman–Crippen MR) is 87.7 cm³/mol. The van der Waals surface area contributed by atoms with Crippen molar-refractivity contribution in [2.24, 2.45) is 0 Å². The van der Waals surface area contributed by atoms with Crippen LogP contribution in [0.1, 0.15) is 34.5 Å². The summed E-state index contributed by atoms with van der Waals surface area (Å²) >= 11 is 5.41. The smallest absolute Gasteiger partial charge is 0.127 e. The number of fused-ring (bicyclic) bond motifs is 1. The lowest BCUT2D eigenvalue weighted by Gasteiger charge is -2.15. The van der Waals surface area contributed by atoms with Gasteiger partial charge in [0, 0.05) is 33.9 Å². The maximum absolute atomic E-state index is 5.77. The minimum Gasteiger partial charge on any atom is -0.493 e. The van der Waals surface area contributed by atoms with E-state index in [0.29, 0.717) is 6.04 Å². The van der Waals surface area contributed by atoms with E-state index in [0.717, 1.165) is 29.8 Å². The predicted octanol–water partition coefficient (Wildman–Crippen LogP) is 4.60. The molecule has 2 nitrogen and oxygen atoms in total. The zero-order valence-electron chi connectivity index (χ0n) is 11.7. The van der Waals surface area contributed by atoms with Gasteiger partial charge in [-0.2, -0.15) is 0 Å². The largest absolute Gasteiger partial charge is 0.493 e. The Hall–Kier alpha value is -0.840. The highest BCUT2D eigenvalue weighted by Gasteiger charge is 2.18. The third-order valence-corrected chi connectivity index (χ3v) is 5.38. The Morgan fingerprint density at radius 1 is 1.45 bits per heavy atom. The summed E-state index contributed by atoms with van der Waals surface area (Å²) in [6.07, 6.45) is 1.02. The summed E-state index contributed by atoms with van der Waals surface area (Å²) in [6, 6.07) is 6.87. The number of benzene rings is 1. The van der Waals surface area contributed by atoms with Crippen LogP contribution in [0.25, 0.3) is 0 Å². The van der Waals surface area contributed by atoms with Gasteiger partial charge >= 0.3 is 0 Å². The average molecular weight is 352 g/mol. The summed E-state index contributed by atoms with van der Waals surface area (Å²) in [6.45, 7) is 6.03. The van der Waals surface area contributed by atoms with Gasteiger partial charge in [-0.25, -0.2) is 0 Å². The molecule has 0 saturated carbocycles. The number of hydrogen-bond donors (Lipinski definition) is 1. The number of halogens is 1. The molecule has 106 valence electrons. The van der Waals surface area contributed by atoms with Crippen molar-refractivity contribution < 1.29 is 4.74 Å². The quantitative estimate of drug-likeness (QED) is 0.868. The second-order valence-corrected chi connectivity index (χ2v) is 7.09. The third kappa shape index (κ3) is 2.78. The van der Waals surface area contributed by atoms with Gasteiger partial charge in [-0.3, -0.25) is 0 Å². The zero-order chi connectivity index (χ0) is 14.1. The fraction of sp³-hybridized carbons (Fsp3) is 0.375. The summed E-state index contributed by atoms with van der Waals surface area (Å²) in [7, 11) is 0. The second kappa shape index (κ2) is 5.88. The summed E-state index contributed by atoms with van der Waals surface area (Å²) in [5.41, 5.74) is 3.93. The van der Waals surface area contributed by atoms with Crippen LogP contribution in [-0.4, -0.2) is 6.61 Å². The van der Waals surface area contributed by atoms with E-state index in [1.54, 1.807) is 0 Å². The molecule has 0 aliphatic carbocycles. The van der Waals surface area contributed by atoms with E-state index in [9.17, 15) is 0 Å². The minimum atomic E-state index is 0.367. The molecule has 4 heteroatoms. The van der Waals surface area contributed by atoms with Gasteiger partial charge in [0.25, 0.3) is 0 Å². The molecule has 0 radical (unpaired) electrons. The summed E-state index contributed by atoms with van der Waals surface area (Å²) < 4.78 is 6.91. The van der Waals surface area contributed by atoms with Crippen LogP contribution in [0.2, 0.25) is 0 Å². The first kappa shape index (κ1) is 14.1. The van der Waals surface area contributed by atoms with Crippen molar-refractivity contribution in [1.82, 2.24) is 5.32 Å². The van der Waals surface area contributed by atoms with Crippen molar-refractivity contribution in [2.45, 2.75) is 32.9 Å². The van der Waals surface area contributed by atoms with Crippen LogP contribution in [0.5, 0.6) is 5.75 Å². The van der Waals surface area contributed by atoms with Crippen LogP contribution in [0.15, 0.2) is 28.1 Å². The number of aryl methyl sites for hydroxylation is 1. The Bertz CT molecular complexity index is 623. The van der Waals surface area contributed by atoms with E-state index in [4.69, 9.17) is 4.74 Å². The highest BCUT2D eigenvalue weighted by Crippen LogP contribution is 2.33. The van der Waals surface area contributed by atoms with Crippen molar-refractivity contribution in [2.75, 3.05) is 6.61 Å². The van der Waals surface area contributed by atoms with Gasteiger partial charge in [-0.15, -0.1) is 11.3 Å². The van der Waals surface area contributed by atoms with E-state index < -0.39 is 0 Å². The van der Waals surface area contributed by atoms with Crippen LogP contribution in [0, 0.1) is 6.92 Å². The van der Waals surface area contributed by atoms with Crippen molar-refractivity contribution in [3.8, 4) is 5.75 Å². The molecule has 0 saturated heterocycles. The number of thiophene rings is 1. The van der Waals surface area contributed by atoms with E-state index >= 15 is 0 Å². The fourth-order valence-electron chi connectivity index (χ4n) is 2.66. The van der Waals surface area contributed by atoms with Crippen LogP contribution in [0.4, 0.5) is 0 Å². The van der Waals surface area contributed by atoms with Crippen LogP contribution in [0.3, 0.4) is 0 Å². The Balaban J connectivity index is 1.75. The molecule has 3 rings (SSSR count). The topological polar surface area (TPSA) is 21.3 Å². The molecule has 20 heavy (non-hydrogen) atoms. The Morgan fingerprint density at radius 3 is 3.05 bits per heavy atom. The first-order valence-corrected chi connectivity index (χ1v) is 8.54. The lowest BCUT2D eigenvalue weighted by molar-refractivity contribution is 0.351. The van der Waals surface area contributed by atoms with Crippen molar-refractivity contribution in [1.29, 1.82) is 0 Å². The molecular weight excluding hydrogens is 334 g/mol. The molecule has 1 aliphatic rings. The molecule has 0 spiro atoms. The lowest BCUT2D eigenvalue weighted by atomic mass is 10.1. The second-order valence-electron chi connectivity index (χ2n) is 5.22. The SMILES string of the molecule is Cc1ccsc1C(C)NCc1cc(Br)cc2c1OCC2. The molecule has 0 fully saturated rings. The van der Waals surface area contributed by atoms with Gasteiger partial charge in [0.2, 0.25) is 0 Å². The molecule has 1 N–H and O–H groups in total. The molecule has 1 atom stereocenters. The molecule has 1 aromatic heterocycles. The number of rotatable bonds is 4. The first-order chi connectivity index (χ1) is 9.65. The maximum Gasteiger partial charge on any atom is 0.127 e. The Labute approximate surface area is 132 Å². The minimum absolute atomic E-state index is 0.367. The lowest BCUT2D eigenvalue weighted by Crippen LogP contribution is -2.18. The van der Waals surface area contributed by atoms with Gasteiger partial charge < -0.3 is 10.1 Å². The van der Waals surface area contributed by atoms with E-state index in [-0.39, 0.29) is 0 Å². The third-order valence-electron chi connectivity index (χ3n) is 3.72. The fourth-order valence-corrected chi connectivity index (χ4v) is 4.17. The van der Waals surface area contributed by atoms with Crippen molar-refractivity contribution in [3.05, 3.63) is 49.6 Å². The number of nitrogens with one attached hydrogen (secondary N) is 1. The van der Waals surface area contributed by atoms with Gasteiger partial charge in [-0.05, 0) is 48.6 Å². The van der Waals surface area contributed by atoms with Crippen LogP contribution >= 0.6 is 27.3 Å². The van der Waals surface area contributed by atoms with Gasteiger partial charge in [0.1, 0.15) is 5.75 Å².